The second-order valence-corrected chi connectivity index (χ2v) is 7.67. The molecule has 0 bridgehead atoms. The molecule has 6 nitrogen and oxygen atoms in total. The minimum Gasteiger partial charge on any atom is -0.465 e. The molecule has 2 aromatic rings. The van der Waals surface area contributed by atoms with Gasteiger partial charge in [-0.1, -0.05) is 25.4 Å². The minimum atomic E-state index is -0.465. The van der Waals surface area contributed by atoms with Crippen LogP contribution in [0.5, 0.6) is 0 Å². The van der Waals surface area contributed by atoms with E-state index in [0.717, 1.165) is 16.4 Å². The highest BCUT2D eigenvalue weighted by Gasteiger charge is 2.14. The van der Waals surface area contributed by atoms with Crippen LogP contribution >= 0.6 is 23.4 Å². The Morgan fingerprint density at radius 1 is 0.926 bits per heavy atom. The van der Waals surface area contributed by atoms with Gasteiger partial charge in [0.2, 0.25) is 0 Å². The number of hydrogen-bond acceptors (Lipinski definition) is 7. The molecule has 2 rings (SSSR count). The van der Waals surface area contributed by atoms with Crippen LogP contribution in [-0.2, 0) is 9.47 Å². The fourth-order valence-electron chi connectivity index (χ4n) is 1.90. The van der Waals surface area contributed by atoms with Crippen LogP contribution in [0.1, 0.15) is 46.0 Å². The lowest BCUT2D eigenvalue weighted by atomic mass is 10.2. The lowest BCUT2D eigenvalue weighted by molar-refractivity contribution is 0.0589. The normalized spacial score (nSPS) is 10.1. The van der Waals surface area contributed by atoms with Crippen molar-refractivity contribution >= 4 is 35.3 Å². The number of carbonyl (C=O) groups is 2. The van der Waals surface area contributed by atoms with Crippen molar-refractivity contribution in [1.29, 1.82) is 0 Å². The number of aryl methyl sites for hydroxylation is 2. The van der Waals surface area contributed by atoms with Gasteiger partial charge in [0.05, 0.1) is 25.3 Å². The lowest BCUT2D eigenvalue weighted by Gasteiger charge is -2.09. The fourth-order valence-corrected chi connectivity index (χ4v) is 3.09. The van der Waals surface area contributed by atoms with Crippen LogP contribution in [0.2, 0.25) is 5.15 Å². The Morgan fingerprint density at radius 3 is 1.89 bits per heavy atom. The van der Waals surface area contributed by atoms with Crippen LogP contribution in [0.15, 0.2) is 29.3 Å². The third-order valence-electron chi connectivity index (χ3n) is 3.15. The molecule has 0 N–H and O–H groups in total. The molecule has 0 fully saturated rings. The van der Waals surface area contributed by atoms with Crippen molar-refractivity contribution in [3.05, 3.63) is 51.9 Å². The maximum atomic E-state index is 11.5. The average molecular weight is 411 g/mol. The molecular formula is C19H23ClN2O4S. The van der Waals surface area contributed by atoms with Crippen molar-refractivity contribution in [2.24, 2.45) is 0 Å². The summed E-state index contributed by atoms with van der Waals surface area (Å²) in [4.78, 5) is 30.7. The fraction of sp³-hybridized carbons (Fsp3) is 0.368. The van der Waals surface area contributed by atoms with Crippen LogP contribution in [0.3, 0.4) is 0 Å². The first-order valence-corrected chi connectivity index (χ1v) is 9.39. The summed E-state index contributed by atoms with van der Waals surface area (Å²) in [6.45, 7) is 7.84. The number of ether oxygens (including phenoxy) is 2. The number of aromatic nitrogens is 2. The van der Waals surface area contributed by atoms with Crippen LogP contribution in [0.4, 0.5) is 0 Å². The van der Waals surface area contributed by atoms with Crippen LogP contribution in [0, 0.1) is 13.8 Å². The van der Waals surface area contributed by atoms with Crippen molar-refractivity contribution in [3.63, 3.8) is 0 Å². The van der Waals surface area contributed by atoms with E-state index in [-0.39, 0.29) is 11.1 Å². The monoisotopic (exact) mass is 410 g/mol. The van der Waals surface area contributed by atoms with Gasteiger partial charge in [-0.2, -0.15) is 0 Å². The van der Waals surface area contributed by atoms with E-state index < -0.39 is 5.97 Å². The largest absolute Gasteiger partial charge is 0.465 e. The second kappa shape index (κ2) is 10.9. The number of esters is 2. The maximum Gasteiger partial charge on any atom is 0.341 e. The van der Waals surface area contributed by atoms with Gasteiger partial charge in [0.25, 0.3) is 0 Å². The topological polar surface area (TPSA) is 78.4 Å². The molecule has 146 valence electrons. The number of halogens is 1. The third kappa shape index (κ3) is 7.19. The summed E-state index contributed by atoms with van der Waals surface area (Å²) in [6, 6.07) is 6.88. The van der Waals surface area contributed by atoms with Gasteiger partial charge in [-0.3, -0.25) is 0 Å². The number of carbonyl (C=O) groups excluding carboxylic acids is 2. The van der Waals surface area contributed by atoms with Crippen LogP contribution < -0.4 is 0 Å². The molecular weight excluding hydrogens is 388 g/mol. The minimum absolute atomic E-state index is 0.182. The average Bonchev–Trinajstić information content (AvgIpc) is 2.60. The Hall–Kier alpha value is -2.12. The molecule has 0 aliphatic heterocycles. The summed E-state index contributed by atoms with van der Waals surface area (Å²) in [5.41, 5.74) is 2.52. The summed E-state index contributed by atoms with van der Waals surface area (Å²) in [7, 11) is 2.69. The number of rotatable bonds is 4. The van der Waals surface area contributed by atoms with Crippen molar-refractivity contribution in [3.8, 4) is 0 Å². The third-order valence-corrected chi connectivity index (χ3v) is 4.44. The molecule has 8 heteroatoms. The highest BCUT2D eigenvalue weighted by atomic mass is 35.5. The van der Waals surface area contributed by atoms with Gasteiger partial charge < -0.3 is 9.47 Å². The highest BCUT2D eigenvalue weighted by molar-refractivity contribution is 7.99. The maximum absolute atomic E-state index is 11.5. The van der Waals surface area contributed by atoms with Crippen LogP contribution in [-0.4, -0.2) is 41.4 Å². The molecule has 0 aliphatic carbocycles. The molecule has 0 spiro atoms. The Balaban J connectivity index is 0.000000277. The van der Waals surface area contributed by atoms with Crippen molar-refractivity contribution in [1.82, 2.24) is 9.97 Å². The van der Waals surface area contributed by atoms with Crippen LogP contribution in [0.25, 0.3) is 0 Å². The number of nitrogens with zero attached hydrogens (tertiary/aromatic N) is 2. The molecule has 0 atom stereocenters. The summed E-state index contributed by atoms with van der Waals surface area (Å²) < 4.78 is 9.20. The molecule has 0 saturated heterocycles. The van der Waals surface area contributed by atoms with Gasteiger partial charge in [-0.25, -0.2) is 19.6 Å². The van der Waals surface area contributed by atoms with Gasteiger partial charge >= 0.3 is 11.9 Å². The predicted octanol–water partition coefficient (Wildman–Crippen LogP) is 4.51. The molecule has 0 amide bonds. The number of hydrogen-bond donors (Lipinski definition) is 0. The summed E-state index contributed by atoms with van der Waals surface area (Å²) in [5.74, 6) is -0.793. The zero-order valence-electron chi connectivity index (χ0n) is 16.2. The van der Waals surface area contributed by atoms with E-state index >= 15 is 0 Å². The first-order chi connectivity index (χ1) is 12.7. The van der Waals surface area contributed by atoms with Gasteiger partial charge in [-0.15, -0.1) is 11.8 Å². The summed E-state index contributed by atoms with van der Waals surface area (Å²) in [6.07, 6.45) is 0. The van der Waals surface area contributed by atoms with Gasteiger partial charge in [0.1, 0.15) is 10.2 Å². The number of methoxy groups -OCH3 is 2. The smallest absolute Gasteiger partial charge is 0.341 e. The molecule has 0 radical (unpaired) electrons. The number of pyridine rings is 2. The Labute approximate surface area is 168 Å². The quantitative estimate of drug-likeness (QED) is 0.417. The predicted molar refractivity (Wildman–Crippen MR) is 107 cm³/mol. The Kier molecular flexibility index (Phi) is 9.25. The molecule has 2 aromatic heterocycles. The van der Waals surface area contributed by atoms with E-state index in [1.165, 1.54) is 14.2 Å². The van der Waals surface area contributed by atoms with Gasteiger partial charge in [0, 0.05) is 16.6 Å². The molecule has 0 aliphatic rings. The molecule has 2 heterocycles. The molecule has 27 heavy (non-hydrogen) atoms. The molecule has 0 saturated carbocycles. The van der Waals surface area contributed by atoms with E-state index in [2.05, 4.69) is 28.6 Å². The van der Waals surface area contributed by atoms with Gasteiger partial charge in [0.15, 0.2) is 0 Å². The van der Waals surface area contributed by atoms with E-state index in [4.69, 9.17) is 16.3 Å². The van der Waals surface area contributed by atoms with Crippen molar-refractivity contribution in [2.45, 2.75) is 38.0 Å². The second-order valence-electron chi connectivity index (χ2n) is 5.75. The summed E-state index contributed by atoms with van der Waals surface area (Å²) >= 11 is 7.26. The summed E-state index contributed by atoms with van der Waals surface area (Å²) in [5, 5.41) is 1.32. The van der Waals surface area contributed by atoms with E-state index in [1.807, 2.05) is 13.0 Å². The van der Waals surface area contributed by atoms with E-state index in [9.17, 15) is 9.59 Å². The van der Waals surface area contributed by atoms with E-state index in [0.29, 0.717) is 16.4 Å². The number of thioether (sulfide) groups is 1. The lowest BCUT2D eigenvalue weighted by Crippen LogP contribution is -2.06. The first kappa shape index (κ1) is 22.9. The van der Waals surface area contributed by atoms with Crippen molar-refractivity contribution < 1.29 is 19.1 Å². The standard InChI is InChI=1S/C11H15NO2S.C8H8ClNO2/c1-7(2)15-10-9(11(13)14-4)6-5-8(3)12-10;1-5-3-4-6(7(9)10-5)8(11)12-2/h5-7H,1-4H3;3-4H,1-2H3. The first-order valence-electron chi connectivity index (χ1n) is 8.13. The Morgan fingerprint density at radius 2 is 1.41 bits per heavy atom. The van der Waals surface area contributed by atoms with Gasteiger partial charge in [-0.05, 0) is 38.1 Å². The van der Waals surface area contributed by atoms with Crippen molar-refractivity contribution in [2.75, 3.05) is 14.2 Å². The highest BCUT2D eigenvalue weighted by Crippen LogP contribution is 2.25. The zero-order chi connectivity index (χ0) is 20.6. The zero-order valence-corrected chi connectivity index (χ0v) is 17.8. The molecule has 0 unspecified atom stereocenters. The SMILES string of the molecule is COC(=O)c1ccc(C)nc1Cl.COC(=O)c1ccc(C)nc1SC(C)C. The molecule has 0 aromatic carbocycles. The van der Waals surface area contributed by atoms with E-state index in [1.54, 1.807) is 36.9 Å². The Bertz CT molecular complexity index is 812.